The van der Waals surface area contributed by atoms with Gasteiger partial charge in [-0.05, 0) is 19.3 Å². The van der Waals surface area contributed by atoms with Gasteiger partial charge in [0.25, 0.3) is 0 Å². The molecule has 0 aromatic carbocycles. The number of carbonyl (C=O) groups is 2. The Bertz CT molecular complexity index is 283. The van der Waals surface area contributed by atoms with E-state index in [1.807, 2.05) is 0 Å². The zero-order valence-electron chi connectivity index (χ0n) is 10.0. The molecule has 1 saturated carbocycles. The number of aliphatic hydroxyl groups is 1. The fourth-order valence-electron chi connectivity index (χ4n) is 2.13. The summed E-state index contributed by atoms with van der Waals surface area (Å²) in [7, 11) is 1.39. The van der Waals surface area contributed by atoms with Gasteiger partial charge in [-0.3, -0.25) is 9.59 Å². The highest BCUT2D eigenvalue weighted by molar-refractivity contribution is 5.78. The van der Waals surface area contributed by atoms with E-state index < -0.39 is 12.0 Å². The molecular formula is C11H20N2O4. The lowest BCUT2D eigenvalue weighted by Crippen LogP contribution is -2.44. The third-order valence-electron chi connectivity index (χ3n) is 3.14. The monoisotopic (exact) mass is 244 g/mol. The van der Waals surface area contributed by atoms with Crippen LogP contribution in [-0.4, -0.2) is 42.8 Å². The van der Waals surface area contributed by atoms with Gasteiger partial charge in [-0.1, -0.05) is 6.42 Å². The molecule has 0 aromatic heterocycles. The number of aliphatic hydroxyl groups excluding tert-OH is 1. The predicted molar refractivity (Wildman–Crippen MR) is 61.0 cm³/mol. The molecule has 3 atom stereocenters. The molecule has 0 saturated heterocycles. The summed E-state index contributed by atoms with van der Waals surface area (Å²) in [6, 6.07) is 0.127. The van der Waals surface area contributed by atoms with Crippen molar-refractivity contribution in [1.82, 2.24) is 5.32 Å². The van der Waals surface area contributed by atoms with Gasteiger partial charge < -0.3 is 20.9 Å². The molecular weight excluding hydrogens is 224 g/mol. The number of esters is 1. The molecule has 0 aliphatic heterocycles. The number of rotatable bonds is 5. The number of hydrogen-bond donors (Lipinski definition) is 3. The third kappa shape index (κ3) is 4.32. The first-order valence-corrected chi connectivity index (χ1v) is 5.83. The van der Waals surface area contributed by atoms with Crippen LogP contribution in [0.15, 0.2) is 0 Å². The number of hydrogen-bond acceptors (Lipinski definition) is 5. The lowest BCUT2D eigenvalue weighted by atomic mass is 9.85. The zero-order chi connectivity index (χ0) is 12.8. The van der Waals surface area contributed by atoms with Crippen molar-refractivity contribution in [2.24, 2.45) is 11.7 Å². The van der Waals surface area contributed by atoms with Gasteiger partial charge in [0.15, 0.2) is 0 Å². The van der Waals surface area contributed by atoms with Crippen molar-refractivity contribution < 1.29 is 19.4 Å². The van der Waals surface area contributed by atoms with Crippen LogP contribution in [0.4, 0.5) is 0 Å². The van der Waals surface area contributed by atoms with Crippen molar-refractivity contribution in [3.8, 4) is 0 Å². The summed E-state index contributed by atoms with van der Waals surface area (Å²) < 4.78 is 4.71. The minimum absolute atomic E-state index is 0.0861. The zero-order valence-corrected chi connectivity index (χ0v) is 10.0. The quantitative estimate of drug-likeness (QED) is 0.547. The van der Waals surface area contributed by atoms with Crippen LogP contribution in [0.5, 0.6) is 0 Å². The number of primary amides is 1. The third-order valence-corrected chi connectivity index (χ3v) is 3.14. The summed E-state index contributed by atoms with van der Waals surface area (Å²) in [5, 5.41) is 12.3. The summed E-state index contributed by atoms with van der Waals surface area (Å²) in [5.74, 6) is -1.01. The first kappa shape index (κ1) is 13.9. The van der Waals surface area contributed by atoms with E-state index >= 15 is 0 Å². The van der Waals surface area contributed by atoms with Gasteiger partial charge in [-0.2, -0.15) is 0 Å². The first-order chi connectivity index (χ1) is 8.04. The van der Waals surface area contributed by atoms with E-state index in [1.165, 1.54) is 7.11 Å². The molecule has 0 aromatic rings. The number of nitrogens with one attached hydrogen (secondary N) is 1. The highest BCUT2D eigenvalue weighted by atomic mass is 16.5. The van der Waals surface area contributed by atoms with Crippen LogP contribution in [0, 0.1) is 5.92 Å². The molecule has 1 aliphatic carbocycles. The second kappa shape index (κ2) is 6.56. The summed E-state index contributed by atoms with van der Waals surface area (Å²) in [6.45, 7) is 0.133. The Morgan fingerprint density at radius 2 is 2.24 bits per heavy atom. The van der Waals surface area contributed by atoms with Crippen molar-refractivity contribution in [2.45, 2.75) is 37.8 Å². The van der Waals surface area contributed by atoms with E-state index in [9.17, 15) is 14.7 Å². The van der Waals surface area contributed by atoms with Crippen LogP contribution in [0.3, 0.4) is 0 Å². The first-order valence-electron chi connectivity index (χ1n) is 5.83. The Hall–Kier alpha value is -1.14. The average Bonchev–Trinajstić information content (AvgIpc) is 2.35. The molecule has 6 nitrogen and oxygen atoms in total. The largest absolute Gasteiger partial charge is 0.469 e. The van der Waals surface area contributed by atoms with Crippen LogP contribution < -0.4 is 11.1 Å². The van der Waals surface area contributed by atoms with Crippen LogP contribution in [0.2, 0.25) is 0 Å². The number of amides is 1. The SMILES string of the molecule is COC(=O)C1CCCC(NCC(O)C(N)=O)C1. The van der Waals surface area contributed by atoms with E-state index in [1.54, 1.807) is 0 Å². The molecule has 4 N–H and O–H groups in total. The van der Waals surface area contributed by atoms with Gasteiger partial charge in [-0.15, -0.1) is 0 Å². The van der Waals surface area contributed by atoms with E-state index in [0.717, 1.165) is 19.3 Å². The lowest BCUT2D eigenvalue weighted by molar-refractivity contribution is -0.146. The summed E-state index contributed by atoms with van der Waals surface area (Å²) in [5.41, 5.74) is 4.95. The molecule has 1 fully saturated rings. The van der Waals surface area contributed by atoms with Gasteiger partial charge in [0, 0.05) is 12.6 Å². The number of carbonyl (C=O) groups excluding carboxylic acids is 2. The maximum Gasteiger partial charge on any atom is 0.308 e. The number of nitrogens with two attached hydrogens (primary N) is 1. The van der Waals surface area contributed by atoms with Gasteiger partial charge >= 0.3 is 5.97 Å². The Kier molecular flexibility index (Phi) is 5.37. The van der Waals surface area contributed by atoms with Crippen molar-refractivity contribution in [1.29, 1.82) is 0 Å². The van der Waals surface area contributed by atoms with Gasteiger partial charge in [0.2, 0.25) is 5.91 Å². The molecule has 17 heavy (non-hydrogen) atoms. The summed E-state index contributed by atoms with van der Waals surface area (Å²) >= 11 is 0. The van der Waals surface area contributed by atoms with Crippen LogP contribution >= 0.6 is 0 Å². The number of ether oxygens (including phenoxy) is 1. The van der Waals surface area contributed by atoms with Gasteiger partial charge in [0.1, 0.15) is 6.10 Å². The van der Waals surface area contributed by atoms with Crippen molar-refractivity contribution in [3.05, 3.63) is 0 Å². The standard InChI is InChI=1S/C11H20N2O4/c1-17-11(16)7-3-2-4-8(5-7)13-6-9(14)10(12)15/h7-9,13-14H,2-6H2,1H3,(H2,12,15). The summed E-state index contributed by atoms with van der Waals surface area (Å²) in [6.07, 6.45) is 2.21. The van der Waals surface area contributed by atoms with E-state index in [0.29, 0.717) is 6.42 Å². The van der Waals surface area contributed by atoms with Crippen LogP contribution in [-0.2, 0) is 14.3 Å². The van der Waals surface area contributed by atoms with Crippen LogP contribution in [0.25, 0.3) is 0 Å². The molecule has 6 heteroatoms. The minimum Gasteiger partial charge on any atom is -0.469 e. The molecule has 0 bridgehead atoms. The normalized spacial score (nSPS) is 26.2. The van der Waals surface area contributed by atoms with E-state index in [-0.39, 0.29) is 24.5 Å². The Morgan fingerprint density at radius 1 is 1.53 bits per heavy atom. The topological polar surface area (TPSA) is 102 Å². The minimum atomic E-state index is -1.17. The van der Waals surface area contributed by atoms with E-state index in [2.05, 4.69) is 5.32 Å². The smallest absolute Gasteiger partial charge is 0.308 e. The molecule has 98 valence electrons. The van der Waals surface area contributed by atoms with E-state index in [4.69, 9.17) is 10.5 Å². The highest BCUT2D eigenvalue weighted by Crippen LogP contribution is 2.25. The van der Waals surface area contributed by atoms with Gasteiger partial charge in [0.05, 0.1) is 13.0 Å². The molecule has 0 radical (unpaired) electrons. The second-order valence-electron chi connectivity index (χ2n) is 4.41. The molecule has 0 heterocycles. The lowest BCUT2D eigenvalue weighted by Gasteiger charge is -2.28. The van der Waals surface area contributed by atoms with Gasteiger partial charge in [-0.25, -0.2) is 0 Å². The molecule has 1 amide bonds. The molecule has 0 spiro atoms. The Morgan fingerprint density at radius 3 is 2.82 bits per heavy atom. The average molecular weight is 244 g/mol. The maximum absolute atomic E-state index is 11.4. The maximum atomic E-state index is 11.4. The molecule has 1 aliphatic rings. The van der Waals surface area contributed by atoms with Crippen molar-refractivity contribution >= 4 is 11.9 Å². The highest BCUT2D eigenvalue weighted by Gasteiger charge is 2.28. The Balaban J connectivity index is 2.34. The number of methoxy groups -OCH3 is 1. The molecule has 3 unspecified atom stereocenters. The van der Waals surface area contributed by atoms with Crippen molar-refractivity contribution in [3.63, 3.8) is 0 Å². The predicted octanol–water partition coefficient (Wildman–Crippen LogP) is -0.846. The van der Waals surface area contributed by atoms with Crippen LogP contribution in [0.1, 0.15) is 25.7 Å². The van der Waals surface area contributed by atoms with Crippen molar-refractivity contribution in [2.75, 3.05) is 13.7 Å². The fourth-order valence-corrected chi connectivity index (χ4v) is 2.13. The fraction of sp³-hybridized carbons (Fsp3) is 0.818. The summed E-state index contributed by atoms with van der Waals surface area (Å²) in [4.78, 5) is 22.0. The second-order valence-corrected chi connectivity index (χ2v) is 4.41. The molecule has 1 rings (SSSR count). The Labute approximate surface area is 101 Å².